The summed E-state index contributed by atoms with van der Waals surface area (Å²) in [6.07, 6.45) is 5.05. The van der Waals surface area contributed by atoms with E-state index in [0.717, 1.165) is 12.8 Å². The minimum atomic E-state index is -0.127. The zero-order chi connectivity index (χ0) is 8.97. The third-order valence-electron chi connectivity index (χ3n) is 2.62. The average molecular weight is 171 g/mol. The molecule has 1 rings (SSSR count). The first kappa shape index (κ1) is 9.52. The van der Waals surface area contributed by atoms with Crippen LogP contribution >= 0.6 is 0 Å². The number of methoxy groups -OCH3 is 1. The molecule has 0 radical (unpaired) electrons. The van der Waals surface area contributed by atoms with Crippen LogP contribution in [0, 0.1) is 5.92 Å². The Bertz CT molecular complexity index is 159. The smallest absolute Gasteiger partial charge is 0.305 e. The van der Waals surface area contributed by atoms with Crippen molar-refractivity contribution in [3.8, 4) is 0 Å². The van der Waals surface area contributed by atoms with Gasteiger partial charge in [0.1, 0.15) is 0 Å². The molecule has 0 aromatic carbocycles. The topological polar surface area (TPSA) is 52.3 Å². The van der Waals surface area contributed by atoms with E-state index in [9.17, 15) is 4.79 Å². The second-order valence-corrected chi connectivity index (χ2v) is 3.49. The summed E-state index contributed by atoms with van der Waals surface area (Å²) in [6, 6.07) is 0.206. The van der Waals surface area contributed by atoms with Crippen molar-refractivity contribution in [1.82, 2.24) is 0 Å². The third-order valence-corrected chi connectivity index (χ3v) is 2.62. The number of nitrogens with two attached hydrogens (primary N) is 1. The van der Waals surface area contributed by atoms with Crippen LogP contribution in [0.3, 0.4) is 0 Å². The molecular formula is C9H17NO2. The van der Waals surface area contributed by atoms with Gasteiger partial charge in [-0.25, -0.2) is 0 Å². The number of esters is 1. The van der Waals surface area contributed by atoms with E-state index in [2.05, 4.69) is 4.74 Å². The minimum Gasteiger partial charge on any atom is -0.469 e. The van der Waals surface area contributed by atoms with Crippen LogP contribution < -0.4 is 5.73 Å². The predicted octanol–water partition coefficient (Wildman–Crippen LogP) is 1.07. The van der Waals surface area contributed by atoms with Gasteiger partial charge in [-0.3, -0.25) is 4.79 Å². The van der Waals surface area contributed by atoms with Gasteiger partial charge < -0.3 is 10.5 Å². The van der Waals surface area contributed by atoms with E-state index in [0.29, 0.717) is 12.3 Å². The van der Waals surface area contributed by atoms with E-state index in [1.54, 1.807) is 0 Å². The van der Waals surface area contributed by atoms with Crippen molar-refractivity contribution in [3.05, 3.63) is 0 Å². The molecule has 1 saturated carbocycles. The molecule has 0 aliphatic heterocycles. The van der Waals surface area contributed by atoms with Gasteiger partial charge in [-0.1, -0.05) is 12.8 Å². The highest BCUT2D eigenvalue weighted by molar-refractivity contribution is 5.69. The second-order valence-electron chi connectivity index (χ2n) is 3.49. The maximum atomic E-state index is 10.9. The molecule has 0 aromatic heterocycles. The van der Waals surface area contributed by atoms with E-state index in [-0.39, 0.29) is 12.0 Å². The molecule has 0 aromatic rings. The Labute approximate surface area is 73.3 Å². The maximum absolute atomic E-state index is 10.9. The fraction of sp³-hybridized carbons (Fsp3) is 0.889. The fourth-order valence-corrected chi connectivity index (χ4v) is 1.79. The zero-order valence-corrected chi connectivity index (χ0v) is 7.58. The predicted molar refractivity (Wildman–Crippen MR) is 46.6 cm³/mol. The summed E-state index contributed by atoms with van der Waals surface area (Å²) >= 11 is 0. The van der Waals surface area contributed by atoms with Gasteiger partial charge in [0.15, 0.2) is 0 Å². The lowest BCUT2D eigenvalue weighted by molar-refractivity contribution is -0.142. The van der Waals surface area contributed by atoms with Gasteiger partial charge in [0.2, 0.25) is 0 Å². The summed E-state index contributed by atoms with van der Waals surface area (Å²) in [4.78, 5) is 10.9. The first-order valence-corrected chi connectivity index (χ1v) is 4.56. The highest BCUT2D eigenvalue weighted by Crippen LogP contribution is 2.25. The summed E-state index contributed by atoms with van der Waals surface area (Å²) in [6.45, 7) is 0. The van der Waals surface area contributed by atoms with Crippen LogP contribution in [0.2, 0.25) is 0 Å². The van der Waals surface area contributed by atoms with Crippen LogP contribution in [0.25, 0.3) is 0 Å². The number of hydrogen-bond donors (Lipinski definition) is 1. The van der Waals surface area contributed by atoms with Crippen LogP contribution in [0.5, 0.6) is 0 Å². The molecule has 2 unspecified atom stereocenters. The number of rotatable bonds is 2. The highest BCUT2D eigenvalue weighted by Gasteiger charge is 2.24. The first-order chi connectivity index (χ1) is 5.74. The quantitative estimate of drug-likeness (QED) is 0.632. The Kier molecular flexibility index (Phi) is 3.53. The second kappa shape index (κ2) is 4.45. The fourth-order valence-electron chi connectivity index (χ4n) is 1.79. The molecule has 0 spiro atoms. The Hall–Kier alpha value is -0.570. The van der Waals surface area contributed by atoms with Crippen molar-refractivity contribution >= 4 is 5.97 Å². The van der Waals surface area contributed by atoms with E-state index >= 15 is 0 Å². The SMILES string of the molecule is COC(=O)CC1CCCCC1N. The molecule has 3 heteroatoms. The van der Waals surface area contributed by atoms with E-state index in [1.807, 2.05) is 0 Å². The van der Waals surface area contributed by atoms with Crippen LogP contribution in [0.1, 0.15) is 32.1 Å². The number of hydrogen-bond acceptors (Lipinski definition) is 3. The largest absolute Gasteiger partial charge is 0.469 e. The summed E-state index contributed by atoms with van der Waals surface area (Å²) in [5.74, 6) is 0.226. The molecule has 12 heavy (non-hydrogen) atoms. The highest BCUT2D eigenvalue weighted by atomic mass is 16.5. The summed E-state index contributed by atoms with van der Waals surface area (Å²) in [7, 11) is 1.43. The zero-order valence-electron chi connectivity index (χ0n) is 7.58. The number of carbonyl (C=O) groups excluding carboxylic acids is 1. The van der Waals surface area contributed by atoms with Crippen LogP contribution in [-0.4, -0.2) is 19.1 Å². The minimum absolute atomic E-state index is 0.127. The third kappa shape index (κ3) is 2.48. The normalized spacial score (nSPS) is 29.8. The van der Waals surface area contributed by atoms with Gasteiger partial charge >= 0.3 is 5.97 Å². The van der Waals surface area contributed by atoms with Crippen LogP contribution in [0.15, 0.2) is 0 Å². The van der Waals surface area contributed by atoms with Crippen molar-refractivity contribution in [2.75, 3.05) is 7.11 Å². The lowest BCUT2D eigenvalue weighted by Gasteiger charge is -2.27. The molecule has 1 aliphatic rings. The van der Waals surface area contributed by atoms with Crippen molar-refractivity contribution in [3.63, 3.8) is 0 Å². The van der Waals surface area contributed by atoms with E-state index in [4.69, 9.17) is 5.73 Å². The number of ether oxygens (including phenoxy) is 1. The van der Waals surface area contributed by atoms with Crippen molar-refractivity contribution in [2.24, 2.45) is 11.7 Å². The van der Waals surface area contributed by atoms with Gasteiger partial charge in [-0.2, -0.15) is 0 Å². The van der Waals surface area contributed by atoms with Crippen molar-refractivity contribution in [1.29, 1.82) is 0 Å². The van der Waals surface area contributed by atoms with Gasteiger partial charge in [0.05, 0.1) is 7.11 Å². The molecule has 0 heterocycles. The number of carbonyl (C=O) groups is 1. The summed E-state index contributed by atoms with van der Waals surface area (Å²) in [5, 5.41) is 0. The molecule has 3 nitrogen and oxygen atoms in total. The molecule has 1 aliphatic carbocycles. The van der Waals surface area contributed by atoms with Crippen LogP contribution in [-0.2, 0) is 9.53 Å². The van der Waals surface area contributed by atoms with Crippen LogP contribution in [0.4, 0.5) is 0 Å². The molecule has 0 amide bonds. The van der Waals surface area contributed by atoms with E-state index < -0.39 is 0 Å². The molecule has 0 bridgehead atoms. The van der Waals surface area contributed by atoms with E-state index in [1.165, 1.54) is 20.0 Å². The summed E-state index contributed by atoms with van der Waals surface area (Å²) < 4.78 is 4.61. The standard InChI is InChI=1S/C9H17NO2/c1-12-9(11)6-7-4-2-3-5-8(7)10/h7-8H,2-6,10H2,1H3. The monoisotopic (exact) mass is 171 g/mol. The molecule has 70 valence electrons. The van der Waals surface area contributed by atoms with Gasteiger partial charge in [-0.15, -0.1) is 0 Å². The summed E-state index contributed by atoms with van der Waals surface area (Å²) in [5.41, 5.74) is 5.87. The molecule has 2 N–H and O–H groups in total. The average Bonchev–Trinajstić information content (AvgIpc) is 2.09. The lowest BCUT2D eigenvalue weighted by atomic mass is 9.83. The van der Waals surface area contributed by atoms with Gasteiger partial charge in [0.25, 0.3) is 0 Å². The Morgan fingerprint density at radius 1 is 1.50 bits per heavy atom. The Morgan fingerprint density at radius 2 is 2.17 bits per heavy atom. The molecule has 0 saturated heterocycles. The lowest BCUT2D eigenvalue weighted by Crippen LogP contribution is -2.34. The molecule has 2 atom stereocenters. The van der Waals surface area contributed by atoms with Gasteiger partial charge in [0, 0.05) is 12.5 Å². The first-order valence-electron chi connectivity index (χ1n) is 4.56. The Balaban J connectivity index is 2.33. The van der Waals surface area contributed by atoms with Gasteiger partial charge in [-0.05, 0) is 18.8 Å². The molecular weight excluding hydrogens is 154 g/mol. The van der Waals surface area contributed by atoms with Crippen molar-refractivity contribution < 1.29 is 9.53 Å². The van der Waals surface area contributed by atoms with Crippen molar-refractivity contribution in [2.45, 2.75) is 38.1 Å². The Morgan fingerprint density at radius 3 is 2.75 bits per heavy atom. The maximum Gasteiger partial charge on any atom is 0.305 e. The molecule has 1 fully saturated rings.